The zero-order valence-electron chi connectivity index (χ0n) is 10.3. The third-order valence-corrected chi connectivity index (χ3v) is 3.62. The molecule has 0 aliphatic heterocycles. The Balaban J connectivity index is 3.05. The summed E-state index contributed by atoms with van der Waals surface area (Å²) in [7, 11) is -3.86. The first-order valence-corrected chi connectivity index (χ1v) is 6.81. The first-order valence-electron chi connectivity index (χ1n) is 5.32. The summed E-state index contributed by atoms with van der Waals surface area (Å²) in [6, 6.07) is 0.329. The smallest absolute Gasteiger partial charge is 0.242 e. The lowest BCUT2D eigenvalue weighted by Gasteiger charge is -2.10. The Hall–Kier alpha value is -1.95. The van der Waals surface area contributed by atoms with Crippen molar-refractivity contribution in [1.82, 2.24) is 9.71 Å². The van der Waals surface area contributed by atoms with Crippen LogP contribution in [0.4, 0.5) is 0 Å². The number of nitrogens with two attached hydrogens (primary N) is 2. The van der Waals surface area contributed by atoms with Crippen molar-refractivity contribution >= 4 is 15.9 Å². The highest BCUT2D eigenvalue weighted by molar-refractivity contribution is 7.89. The van der Waals surface area contributed by atoms with E-state index in [0.717, 1.165) is 6.20 Å². The van der Waals surface area contributed by atoms with Crippen LogP contribution in [-0.4, -0.2) is 31.9 Å². The molecule has 0 saturated carbocycles. The van der Waals surface area contributed by atoms with Gasteiger partial charge in [0.2, 0.25) is 15.9 Å². The minimum Gasteiger partial charge on any atom is -0.368 e. The average Bonchev–Trinajstić information content (AvgIpc) is 2.36. The standard InChI is InChI=1S/C11H14N4O3S/c1-8(11(13)16)15-19(17,18)10-5-9(3-2-4-12)6-14-7-10/h5-8,15H,4,12H2,1H3,(H2,13,16). The molecular weight excluding hydrogens is 268 g/mol. The first-order chi connectivity index (χ1) is 8.86. The van der Waals surface area contributed by atoms with Gasteiger partial charge in [-0.3, -0.25) is 9.78 Å². The predicted octanol–water partition coefficient (Wildman–Crippen LogP) is -1.46. The number of carbonyl (C=O) groups excluding carboxylic acids is 1. The van der Waals surface area contributed by atoms with E-state index in [1.54, 1.807) is 0 Å². The van der Waals surface area contributed by atoms with Crippen LogP contribution in [0.2, 0.25) is 0 Å². The lowest BCUT2D eigenvalue weighted by atomic mass is 10.3. The van der Waals surface area contributed by atoms with Crippen LogP contribution in [0.25, 0.3) is 0 Å². The highest BCUT2D eigenvalue weighted by Crippen LogP contribution is 2.09. The molecule has 102 valence electrons. The highest BCUT2D eigenvalue weighted by Gasteiger charge is 2.20. The van der Waals surface area contributed by atoms with Crippen LogP contribution in [0.1, 0.15) is 12.5 Å². The van der Waals surface area contributed by atoms with Gasteiger partial charge in [0, 0.05) is 18.0 Å². The fourth-order valence-corrected chi connectivity index (χ4v) is 2.35. The largest absolute Gasteiger partial charge is 0.368 e. The molecule has 1 heterocycles. The van der Waals surface area contributed by atoms with Gasteiger partial charge in [-0.15, -0.1) is 0 Å². The summed E-state index contributed by atoms with van der Waals surface area (Å²) in [5.74, 6) is 4.49. The Morgan fingerprint density at radius 1 is 1.53 bits per heavy atom. The Morgan fingerprint density at radius 2 is 2.21 bits per heavy atom. The molecule has 0 aromatic carbocycles. The molecule has 1 unspecified atom stereocenters. The SMILES string of the molecule is CC(NS(=O)(=O)c1cncc(C#CCN)c1)C(N)=O. The van der Waals surface area contributed by atoms with Crippen LogP contribution in [0.3, 0.4) is 0 Å². The molecule has 1 aromatic heterocycles. The van der Waals surface area contributed by atoms with Gasteiger partial charge in [0.1, 0.15) is 4.90 Å². The number of primary amides is 1. The molecule has 1 atom stereocenters. The molecule has 0 bridgehead atoms. The molecule has 1 amide bonds. The number of pyridine rings is 1. The second-order valence-corrected chi connectivity index (χ2v) is 5.37. The second-order valence-electron chi connectivity index (χ2n) is 3.66. The molecule has 0 fully saturated rings. The van der Waals surface area contributed by atoms with E-state index in [2.05, 4.69) is 21.5 Å². The number of amides is 1. The van der Waals surface area contributed by atoms with E-state index in [-0.39, 0.29) is 11.4 Å². The Morgan fingerprint density at radius 3 is 2.79 bits per heavy atom. The molecule has 0 aliphatic rings. The van der Waals surface area contributed by atoms with Crippen molar-refractivity contribution in [2.45, 2.75) is 17.9 Å². The van der Waals surface area contributed by atoms with Crippen molar-refractivity contribution in [3.05, 3.63) is 24.0 Å². The van der Waals surface area contributed by atoms with Crippen molar-refractivity contribution in [2.75, 3.05) is 6.54 Å². The zero-order valence-corrected chi connectivity index (χ0v) is 11.1. The molecule has 5 N–H and O–H groups in total. The van der Waals surface area contributed by atoms with Crippen molar-refractivity contribution in [3.8, 4) is 11.8 Å². The number of rotatable bonds is 4. The monoisotopic (exact) mass is 282 g/mol. The minimum atomic E-state index is -3.86. The van der Waals surface area contributed by atoms with Crippen LogP contribution in [0.5, 0.6) is 0 Å². The number of nitrogens with zero attached hydrogens (tertiary/aromatic N) is 1. The van der Waals surface area contributed by atoms with E-state index < -0.39 is 22.0 Å². The van der Waals surface area contributed by atoms with Gasteiger partial charge in [-0.2, -0.15) is 4.72 Å². The molecule has 0 radical (unpaired) electrons. The lowest BCUT2D eigenvalue weighted by molar-refractivity contribution is -0.119. The van der Waals surface area contributed by atoms with Gasteiger partial charge in [-0.1, -0.05) is 11.8 Å². The number of hydrogen-bond acceptors (Lipinski definition) is 5. The van der Waals surface area contributed by atoms with Crippen molar-refractivity contribution < 1.29 is 13.2 Å². The summed E-state index contributed by atoms with van der Waals surface area (Å²) in [4.78, 5) is 14.5. The van der Waals surface area contributed by atoms with Gasteiger partial charge >= 0.3 is 0 Å². The number of carbonyl (C=O) groups is 1. The number of nitrogens with one attached hydrogen (secondary N) is 1. The number of sulfonamides is 1. The quantitative estimate of drug-likeness (QED) is 0.582. The Kier molecular flexibility index (Phi) is 5.00. The van der Waals surface area contributed by atoms with E-state index in [9.17, 15) is 13.2 Å². The molecule has 0 saturated heterocycles. The summed E-state index contributed by atoms with van der Waals surface area (Å²) in [5, 5.41) is 0. The summed E-state index contributed by atoms with van der Waals surface area (Å²) < 4.78 is 26.0. The third-order valence-electron chi connectivity index (χ3n) is 2.12. The number of hydrogen-bond donors (Lipinski definition) is 3. The maximum atomic E-state index is 11.9. The van der Waals surface area contributed by atoms with E-state index in [4.69, 9.17) is 11.5 Å². The lowest BCUT2D eigenvalue weighted by Crippen LogP contribution is -2.42. The maximum Gasteiger partial charge on any atom is 0.242 e. The molecule has 0 spiro atoms. The summed E-state index contributed by atoms with van der Waals surface area (Å²) in [6.07, 6.45) is 2.57. The average molecular weight is 282 g/mol. The van der Waals surface area contributed by atoms with Crippen LogP contribution in [0, 0.1) is 11.8 Å². The molecule has 1 aromatic rings. The van der Waals surface area contributed by atoms with E-state index in [1.807, 2.05) is 0 Å². The van der Waals surface area contributed by atoms with E-state index >= 15 is 0 Å². The van der Waals surface area contributed by atoms with Gasteiger partial charge in [-0.25, -0.2) is 8.42 Å². The topological polar surface area (TPSA) is 128 Å². The van der Waals surface area contributed by atoms with Crippen LogP contribution in [-0.2, 0) is 14.8 Å². The Labute approximate surface area is 111 Å². The molecule has 19 heavy (non-hydrogen) atoms. The van der Waals surface area contributed by atoms with Crippen molar-refractivity contribution in [2.24, 2.45) is 11.5 Å². The zero-order chi connectivity index (χ0) is 14.5. The predicted molar refractivity (Wildman–Crippen MR) is 69.1 cm³/mol. The molecule has 7 nitrogen and oxygen atoms in total. The van der Waals surface area contributed by atoms with Gasteiger partial charge < -0.3 is 11.5 Å². The highest BCUT2D eigenvalue weighted by atomic mass is 32.2. The molecule has 1 rings (SSSR count). The van der Waals surface area contributed by atoms with Gasteiger partial charge in [0.25, 0.3) is 0 Å². The third kappa shape index (κ3) is 4.33. The second kappa shape index (κ2) is 6.29. The summed E-state index contributed by atoms with van der Waals surface area (Å²) in [6.45, 7) is 1.51. The molecule has 8 heteroatoms. The maximum absolute atomic E-state index is 11.9. The van der Waals surface area contributed by atoms with Crippen LogP contribution >= 0.6 is 0 Å². The van der Waals surface area contributed by atoms with Gasteiger partial charge in [0.15, 0.2) is 0 Å². The van der Waals surface area contributed by atoms with Crippen molar-refractivity contribution in [3.63, 3.8) is 0 Å². The van der Waals surface area contributed by atoms with E-state index in [0.29, 0.717) is 5.56 Å². The summed E-state index contributed by atoms with van der Waals surface area (Å²) >= 11 is 0. The van der Waals surface area contributed by atoms with Crippen LogP contribution in [0.15, 0.2) is 23.4 Å². The summed E-state index contributed by atoms with van der Waals surface area (Å²) in [5.41, 5.74) is 10.6. The molecular formula is C11H14N4O3S. The molecule has 0 aliphatic carbocycles. The van der Waals surface area contributed by atoms with Gasteiger partial charge in [0.05, 0.1) is 12.6 Å². The first kappa shape index (κ1) is 15.1. The minimum absolute atomic E-state index is 0.0931. The van der Waals surface area contributed by atoms with Gasteiger partial charge in [-0.05, 0) is 13.0 Å². The van der Waals surface area contributed by atoms with Crippen molar-refractivity contribution in [1.29, 1.82) is 0 Å². The fourth-order valence-electron chi connectivity index (χ4n) is 1.15. The number of aromatic nitrogens is 1. The normalized spacial score (nSPS) is 12.3. The Bertz CT molecular complexity index is 631. The van der Waals surface area contributed by atoms with E-state index in [1.165, 1.54) is 19.2 Å². The fraction of sp³-hybridized carbons (Fsp3) is 0.273. The van der Waals surface area contributed by atoms with Crippen LogP contribution < -0.4 is 16.2 Å².